The van der Waals surface area contributed by atoms with Gasteiger partial charge < -0.3 is 5.73 Å². The van der Waals surface area contributed by atoms with Gasteiger partial charge in [0.05, 0.1) is 5.84 Å². The predicted octanol–water partition coefficient (Wildman–Crippen LogP) is 0.797. The van der Waals surface area contributed by atoms with E-state index in [2.05, 4.69) is 11.8 Å². The second-order valence-electron chi connectivity index (χ2n) is 3.18. The van der Waals surface area contributed by atoms with Crippen LogP contribution in [-0.2, 0) is 0 Å². The summed E-state index contributed by atoms with van der Waals surface area (Å²) in [5.41, 5.74) is 5.34. The van der Waals surface area contributed by atoms with Gasteiger partial charge in [-0.1, -0.05) is 6.92 Å². The van der Waals surface area contributed by atoms with Gasteiger partial charge in [-0.05, 0) is 25.9 Å². The Kier molecular flexibility index (Phi) is 2.88. The summed E-state index contributed by atoms with van der Waals surface area (Å²) in [4.78, 5) is 2.40. The molecule has 0 aromatic rings. The van der Waals surface area contributed by atoms with Crippen molar-refractivity contribution in [1.82, 2.24) is 4.90 Å². The molecule has 3 nitrogen and oxygen atoms in total. The average Bonchev–Trinajstić information content (AvgIpc) is 1.81. The number of likely N-dealkylation sites (tertiary alicyclic amines) is 1. The maximum Gasteiger partial charge on any atom is 0.0921 e. The first-order valence-electron chi connectivity index (χ1n) is 4.31. The van der Waals surface area contributed by atoms with Crippen LogP contribution in [0.2, 0.25) is 0 Å². The molecular formula is C8H17N3. The SMILES string of the molecule is CCC(CC(=N)N)N1CCC1. The monoisotopic (exact) mass is 155 g/mol. The van der Waals surface area contributed by atoms with Crippen molar-refractivity contribution in [3.63, 3.8) is 0 Å². The van der Waals surface area contributed by atoms with E-state index in [-0.39, 0.29) is 0 Å². The Balaban J connectivity index is 2.29. The van der Waals surface area contributed by atoms with Gasteiger partial charge in [0.2, 0.25) is 0 Å². The molecule has 1 rings (SSSR count). The fraction of sp³-hybridized carbons (Fsp3) is 0.875. The van der Waals surface area contributed by atoms with Crippen LogP contribution in [0.15, 0.2) is 0 Å². The van der Waals surface area contributed by atoms with Crippen LogP contribution in [0.4, 0.5) is 0 Å². The summed E-state index contributed by atoms with van der Waals surface area (Å²) in [5.74, 6) is 0.323. The van der Waals surface area contributed by atoms with E-state index < -0.39 is 0 Å². The zero-order valence-corrected chi connectivity index (χ0v) is 7.14. The van der Waals surface area contributed by atoms with E-state index >= 15 is 0 Å². The maximum absolute atomic E-state index is 7.17. The highest BCUT2D eigenvalue weighted by molar-refractivity contribution is 5.77. The molecule has 0 amide bonds. The summed E-state index contributed by atoms with van der Waals surface area (Å²) in [6, 6.07) is 0.529. The normalized spacial score (nSPS) is 20.8. The molecule has 3 heteroatoms. The number of hydrogen-bond donors (Lipinski definition) is 2. The predicted molar refractivity (Wildman–Crippen MR) is 46.8 cm³/mol. The number of rotatable bonds is 4. The molecule has 1 saturated heterocycles. The summed E-state index contributed by atoms with van der Waals surface area (Å²) in [5, 5.41) is 7.17. The Labute approximate surface area is 68.1 Å². The third kappa shape index (κ3) is 2.19. The van der Waals surface area contributed by atoms with Gasteiger partial charge in [0.15, 0.2) is 0 Å². The lowest BCUT2D eigenvalue weighted by atomic mass is 10.0. The van der Waals surface area contributed by atoms with Crippen LogP contribution in [0, 0.1) is 5.41 Å². The molecule has 1 aliphatic rings. The van der Waals surface area contributed by atoms with Crippen LogP contribution >= 0.6 is 0 Å². The van der Waals surface area contributed by atoms with Crippen molar-refractivity contribution in [3.8, 4) is 0 Å². The van der Waals surface area contributed by atoms with Crippen LogP contribution in [0.3, 0.4) is 0 Å². The first-order chi connectivity index (χ1) is 5.24. The van der Waals surface area contributed by atoms with Crippen molar-refractivity contribution in [2.24, 2.45) is 5.73 Å². The fourth-order valence-electron chi connectivity index (χ4n) is 1.49. The molecule has 1 fully saturated rings. The van der Waals surface area contributed by atoms with Crippen molar-refractivity contribution < 1.29 is 0 Å². The molecule has 3 N–H and O–H groups in total. The van der Waals surface area contributed by atoms with E-state index in [9.17, 15) is 0 Å². The molecule has 1 aliphatic heterocycles. The summed E-state index contributed by atoms with van der Waals surface area (Å²) < 4.78 is 0. The van der Waals surface area contributed by atoms with Gasteiger partial charge >= 0.3 is 0 Å². The van der Waals surface area contributed by atoms with Crippen molar-refractivity contribution >= 4 is 5.84 Å². The van der Waals surface area contributed by atoms with E-state index in [0.717, 1.165) is 12.8 Å². The molecule has 0 aromatic carbocycles. The fourth-order valence-corrected chi connectivity index (χ4v) is 1.49. The Hall–Kier alpha value is -0.570. The van der Waals surface area contributed by atoms with Gasteiger partial charge in [-0.15, -0.1) is 0 Å². The Morgan fingerprint density at radius 1 is 1.64 bits per heavy atom. The molecular weight excluding hydrogens is 138 g/mol. The highest BCUT2D eigenvalue weighted by atomic mass is 15.2. The molecule has 0 saturated carbocycles. The largest absolute Gasteiger partial charge is 0.388 e. The summed E-state index contributed by atoms with van der Waals surface area (Å²) in [7, 11) is 0. The smallest absolute Gasteiger partial charge is 0.0921 e. The van der Waals surface area contributed by atoms with E-state index in [1.165, 1.54) is 19.5 Å². The maximum atomic E-state index is 7.17. The summed E-state index contributed by atoms with van der Waals surface area (Å²) in [6.45, 7) is 4.56. The van der Waals surface area contributed by atoms with Gasteiger partial charge in [0.1, 0.15) is 0 Å². The minimum atomic E-state index is 0.323. The molecule has 1 unspecified atom stereocenters. The first-order valence-corrected chi connectivity index (χ1v) is 4.31. The molecule has 0 aliphatic carbocycles. The molecule has 1 atom stereocenters. The third-order valence-electron chi connectivity index (χ3n) is 2.33. The lowest BCUT2D eigenvalue weighted by Gasteiger charge is -2.37. The minimum absolute atomic E-state index is 0.323. The van der Waals surface area contributed by atoms with E-state index in [0.29, 0.717) is 11.9 Å². The highest BCUT2D eigenvalue weighted by Crippen LogP contribution is 2.15. The Bertz CT molecular complexity index is 140. The second-order valence-corrected chi connectivity index (χ2v) is 3.18. The van der Waals surface area contributed by atoms with Crippen LogP contribution in [0.1, 0.15) is 26.2 Å². The van der Waals surface area contributed by atoms with Crippen molar-refractivity contribution in [2.75, 3.05) is 13.1 Å². The number of nitrogens with one attached hydrogen (secondary N) is 1. The van der Waals surface area contributed by atoms with Gasteiger partial charge in [0.25, 0.3) is 0 Å². The molecule has 1 heterocycles. The number of nitrogens with zero attached hydrogens (tertiary/aromatic N) is 1. The Morgan fingerprint density at radius 2 is 2.27 bits per heavy atom. The number of hydrogen-bond acceptors (Lipinski definition) is 2. The quantitative estimate of drug-likeness (QED) is 0.466. The molecule has 0 radical (unpaired) electrons. The topological polar surface area (TPSA) is 53.1 Å². The lowest BCUT2D eigenvalue weighted by Crippen LogP contribution is -2.46. The van der Waals surface area contributed by atoms with Crippen LogP contribution in [0.5, 0.6) is 0 Å². The molecule has 0 aromatic heterocycles. The summed E-state index contributed by atoms with van der Waals surface area (Å²) >= 11 is 0. The summed E-state index contributed by atoms with van der Waals surface area (Å²) in [6.07, 6.45) is 3.17. The molecule has 64 valence electrons. The second kappa shape index (κ2) is 3.72. The number of amidine groups is 1. The van der Waals surface area contributed by atoms with Gasteiger partial charge in [-0.3, -0.25) is 10.3 Å². The van der Waals surface area contributed by atoms with Gasteiger partial charge in [-0.25, -0.2) is 0 Å². The lowest BCUT2D eigenvalue weighted by molar-refractivity contribution is 0.118. The van der Waals surface area contributed by atoms with Crippen LogP contribution in [-0.4, -0.2) is 29.9 Å². The average molecular weight is 155 g/mol. The van der Waals surface area contributed by atoms with Crippen molar-refractivity contribution in [2.45, 2.75) is 32.2 Å². The van der Waals surface area contributed by atoms with Crippen molar-refractivity contribution in [1.29, 1.82) is 5.41 Å². The van der Waals surface area contributed by atoms with Crippen LogP contribution < -0.4 is 5.73 Å². The Morgan fingerprint density at radius 3 is 2.55 bits per heavy atom. The van der Waals surface area contributed by atoms with E-state index in [4.69, 9.17) is 11.1 Å². The van der Waals surface area contributed by atoms with Crippen molar-refractivity contribution in [3.05, 3.63) is 0 Å². The van der Waals surface area contributed by atoms with E-state index in [1.54, 1.807) is 0 Å². The highest BCUT2D eigenvalue weighted by Gasteiger charge is 2.22. The third-order valence-corrected chi connectivity index (χ3v) is 2.33. The van der Waals surface area contributed by atoms with Crippen LogP contribution in [0.25, 0.3) is 0 Å². The zero-order valence-electron chi connectivity index (χ0n) is 7.14. The molecule has 0 spiro atoms. The molecule has 0 bridgehead atoms. The zero-order chi connectivity index (χ0) is 8.27. The number of nitrogens with two attached hydrogens (primary N) is 1. The van der Waals surface area contributed by atoms with Gasteiger partial charge in [0, 0.05) is 12.5 Å². The molecule has 11 heavy (non-hydrogen) atoms. The van der Waals surface area contributed by atoms with E-state index in [1.807, 2.05) is 0 Å². The first kappa shape index (κ1) is 8.53. The standard InChI is InChI=1S/C8H17N3/c1-2-7(6-8(9)10)11-4-3-5-11/h7H,2-6H2,1H3,(H3,9,10). The van der Waals surface area contributed by atoms with Gasteiger partial charge in [-0.2, -0.15) is 0 Å². The minimum Gasteiger partial charge on any atom is -0.388 e.